The number of nitrogens with zero attached hydrogens (tertiary/aromatic N) is 4. The third-order valence-corrected chi connectivity index (χ3v) is 7.89. The number of thioether (sulfide) groups is 2. The lowest BCUT2D eigenvalue weighted by Gasteiger charge is -2.32. The van der Waals surface area contributed by atoms with Crippen molar-refractivity contribution in [1.29, 1.82) is 0 Å². The maximum atomic E-state index is 13.4. The van der Waals surface area contributed by atoms with E-state index < -0.39 is 12.1 Å². The van der Waals surface area contributed by atoms with Crippen molar-refractivity contribution in [2.45, 2.75) is 22.4 Å². The monoisotopic (exact) mass is 489 g/mol. The van der Waals surface area contributed by atoms with Crippen LogP contribution in [0.5, 0.6) is 0 Å². The maximum Gasteiger partial charge on any atom is 0.281 e. The van der Waals surface area contributed by atoms with Gasteiger partial charge in [-0.15, -0.1) is 0 Å². The van der Waals surface area contributed by atoms with Gasteiger partial charge in [-0.3, -0.25) is 5.21 Å². The largest absolute Gasteiger partial charge is 0.333 e. The van der Waals surface area contributed by atoms with Crippen LogP contribution in [0.1, 0.15) is 0 Å². The van der Waals surface area contributed by atoms with Crippen LogP contribution in [-0.2, 0) is 0 Å². The molecule has 2 aromatic heterocycles. The van der Waals surface area contributed by atoms with Crippen LogP contribution in [0, 0.1) is 4.91 Å². The molecule has 0 bridgehead atoms. The molecule has 0 saturated heterocycles. The van der Waals surface area contributed by atoms with Crippen LogP contribution in [0.15, 0.2) is 83.1 Å². The summed E-state index contributed by atoms with van der Waals surface area (Å²) in [7, 11) is 0. The molecule has 0 spiro atoms. The van der Waals surface area contributed by atoms with Gasteiger partial charge in [0.25, 0.3) is 5.69 Å². The van der Waals surface area contributed by atoms with Gasteiger partial charge in [-0.05, 0) is 30.3 Å². The van der Waals surface area contributed by atoms with Crippen molar-refractivity contribution in [3.8, 4) is 0 Å². The van der Waals surface area contributed by atoms with Crippen molar-refractivity contribution >= 4 is 57.0 Å². The number of rotatable bonds is 6. The smallest absolute Gasteiger partial charge is 0.281 e. The molecule has 3 aromatic carbocycles. The average Bonchev–Trinajstić information content (AvgIpc) is 3.48. The van der Waals surface area contributed by atoms with Crippen molar-refractivity contribution in [3.63, 3.8) is 0 Å². The van der Waals surface area contributed by atoms with Gasteiger partial charge in [0.05, 0.1) is 27.8 Å². The fourth-order valence-corrected chi connectivity index (χ4v) is 6.27. The molecule has 2 atom stereocenters. The fraction of sp³-hybridized carbons (Fsp3) is 0.167. The van der Waals surface area contributed by atoms with E-state index in [-0.39, 0.29) is 0 Å². The summed E-state index contributed by atoms with van der Waals surface area (Å²) < 4.78 is 1.03. The Hall–Kier alpha value is -3.34. The predicted molar refractivity (Wildman–Crippen MR) is 135 cm³/mol. The van der Waals surface area contributed by atoms with Gasteiger partial charge in [0, 0.05) is 21.5 Å². The molecule has 10 heteroatoms. The molecular formula is C24H21N6O2S2+. The third-order valence-electron chi connectivity index (χ3n) is 5.94. The number of nitroso groups, excluding NO2 is 1. The molecule has 0 amide bonds. The Bertz CT molecular complexity index is 1430. The zero-order valence-corrected chi connectivity index (χ0v) is 19.6. The van der Waals surface area contributed by atoms with Gasteiger partial charge in [0.1, 0.15) is 11.7 Å². The SMILES string of the molecule is O=[N+]1c2ccccc2N(O)[C@@H](CSc2nc3ccccc3[nH]2)[C@@H]1CSc1nc2ccccc2[nH]1. The van der Waals surface area contributed by atoms with Crippen LogP contribution in [0.4, 0.5) is 11.4 Å². The first-order valence-electron chi connectivity index (χ1n) is 10.9. The van der Waals surface area contributed by atoms with Gasteiger partial charge in [-0.25, -0.2) is 15.0 Å². The molecular weight excluding hydrogens is 468 g/mol. The zero-order chi connectivity index (χ0) is 23.1. The molecule has 5 aromatic rings. The molecule has 0 fully saturated rings. The van der Waals surface area contributed by atoms with E-state index in [0.717, 1.165) is 37.1 Å². The molecule has 6 rings (SSSR count). The summed E-state index contributed by atoms with van der Waals surface area (Å²) in [5.74, 6) is 0.939. The second-order valence-electron chi connectivity index (χ2n) is 8.03. The quantitative estimate of drug-likeness (QED) is 0.217. The lowest BCUT2D eigenvalue weighted by atomic mass is 10.1. The van der Waals surface area contributed by atoms with Gasteiger partial charge in [0.2, 0.25) is 6.04 Å². The summed E-state index contributed by atoms with van der Waals surface area (Å²) in [5, 5.41) is 13.9. The van der Waals surface area contributed by atoms with Gasteiger partial charge in [-0.2, -0.15) is 0 Å². The van der Waals surface area contributed by atoms with Crippen LogP contribution < -0.4 is 5.06 Å². The van der Waals surface area contributed by atoms with Crippen molar-refractivity contribution in [2.24, 2.45) is 0 Å². The average molecular weight is 490 g/mol. The Morgan fingerprint density at radius 2 is 1.38 bits per heavy atom. The lowest BCUT2D eigenvalue weighted by molar-refractivity contribution is -0.508. The highest BCUT2D eigenvalue weighted by atomic mass is 32.2. The number of nitrogens with one attached hydrogen (secondary N) is 2. The highest BCUT2D eigenvalue weighted by Gasteiger charge is 2.47. The number of fused-ring (bicyclic) bond motifs is 3. The first kappa shape index (κ1) is 21.2. The van der Waals surface area contributed by atoms with E-state index in [1.165, 1.54) is 28.6 Å². The second kappa shape index (κ2) is 8.79. The zero-order valence-electron chi connectivity index (χ0n) is 18.0. The summed E-state index contributed by atoms with van der Waals surface area (Å²) in [6.45, 7) is 0. The standard InChI is InChI=1S/C24H21N6O2S2/c31-29-19-11-5-6-12-20(19)30(32)22(14-34-24-27-17-9-3-4-10-18(17)28-24)21(29)13-33-23-25-15-7-1-2-8-16(15)26-23/h1-12,21-22,31H,13-14H2,(H,25,26)(H,27,28)/q+1/t21-,22-/m0/s1. The molecule has 1 aliphatic rings. The van der Waals surface area contributed by atoms with Crippen molar-refractivity contribution in [3.05, 3.63) is 77.7 Å². The van der Waals surface area contributed by atoms with Crippen molar-refractivity contribution < 1.29 is 9.97 Å². The topological polar surface area (TPSA) is 101 Å². The van der Waals surface area contributed by atoms with E-state index in [1.54, 1.807) is 12.1 Å². The normalized spacial score (nSPS) is 18.0. The van der Waals surface area contributed by atoms with Crippen molar-refractivity contribution in [2.75, 3.05) is 16.6 Å². The molecule has 0 radical (unpaired) electrons. The molecule has 3 heterocycles. The first-order valence-corrected chi connectivity index (χ1v) is 12.8. The highest BCUT2D eigenvalue weighted by molar-refractivity contribution is 7.99. The number of H-pyrrole nitrogens is 2. The number of aromatic nitrogens is 4. The second-order valence-corrected chi connectivity index (χ2v) is 10.1. The summed E-state index contributed by atoms with van der Waals surface area (Å²) in [6.07, 6.45) is 0. The summed E-state index contributed by atoms with van der Waals surface area (Å²) in [4.78, 5) is 29.3. The van der Waals surface area contributed by atoms with Gasteiger partial charge in [-0.1, -0.05) is 59.9 Å². The lowest BCUT2D eigenvalue weighted by Crippen LogP contribution is -2.52. The minimum absolute atomic E-state index is 0.442. The molecule has 0 saturated carbocycles. The number of para-hydroxylation sites is 6. The Kier molecular flexibility index (Phi) is 5.48. The minimum atomic E-state index is -0.491. The van der Waals surface area contributed by atoms with Crippen LogP contribution in [0.25, 0.3) is 22.1 Å². The third kappa shape index (κ3) is 3.83. The van der Waals surface area contributed by atoms with E-state index in [0.29, 0.717) is 22.9 Å². The minimum Gasteiger partial charge on any atom is -0.333 e. The number of hydroxylamine groups is 1. The molecule has 8 nitrogen and oxygen atoms in total. The molecule has 34 heavy (non-hydrogen) atoms. The number of aromatic amines is 2. The Morgan fingerprint density at radius 3 is 2.03 bits per heavy atom. The molecule has 3 N–H and O–H groups in total. The summed E-state index contributed by atoms with van der Waals surface area (Å²) in [6, 6.07) is 21.9. The fourth-order valence-electron chi connectivity index (χ4n) is 4.21. The van der Waals surface area contributed by atoms with E-state index in [1.807, 2.05) is 60.7 Å². The summed E-state index contributed by atoms with van der Waals surface area (Å²) in [5.41, 5.74) is 4.67. The van der Waals surface area contributed by atoms with Gasteiger partial charge >= 0.3 is 0 Å². The van der Waals surface area contributed by atoms with E-state index in [4.69, 9.17) is 0 Å². The van der Waals surface area contributed by atoms with Crippen LogP contribution in [0.2, 0.25) is 0 Å². The highest BCUT2D eigenvalue weighted by Crippen LogP contribution is 2.38. The maximum absolute atomic E-state index is 13.4. The van der Waals surface area contributed by atoms with Crippen LogP contribution >= 0.6 is 23.5 Å². The first-order chi connectivity index (χ1) is 16.7. The van der Waals surface area contributed by atoms with Crippen LogP contribution in [-0.4, -0.2) is 53.5 Å². The van der Waals surface area contributed by atoms with Crippen LogP contribution in [0.3, 0.4) is 0 Å². The number of hydrogen-bond acceptors (Lipinski definition) is 7. The molecule has 0 unspecified atom stereocenters. The van der Waals surface area contributed by atoms with Gasteiger partial charge < -0.3 is 9.97 Å². The Labute approximate surface area is 203 Å². The van der Waals surface area contributed by atoms with E-state index in [9.17, 15) is 10.1 Å². The van der Waals surface area contributed by atoms with Crippen molar-refractivity contribution in [1.82, 2.24) is 19.9 Å². The number of hydrogen-bond donors (Lipinski definition) is 3. The number of benzene rings is 3. The van der Waals surface area contributed by atoms with Gasteiger partial charge in [0.15, 0.2) is 10.3 Å². The predicted octanol–water partition coefficient (Wildman–Crippen LogP) is 5.38. The van der Waals surface area contributed by atoms with E-state index in [2.05, 4.69) is 19.9 Å². The number of imidazole rings is 2. The molecule has 1 aliphatic heterocycles. The molecule has 170 valence electrons. The Balaban J connectivity index is 1.26. The Morgan fingerprint density at radius 1 is 0.824 bits per heavy atom. The number of anilines is 1. The van der Waals surface area contributed by atoms with E-state index >= 15 is 0 Å². The molecule has 0 aliphatic carbocycles. The summed E-state index contributed by atoms with van der Waals surface area (Å²) >= 11 is 2.98.